The van der Waals surface area contributed by atoms with Crippen LogP contribution in [-0.2, 0) is 9.59 Å². The van der Waals surface area contributed by atoms with Crippen LogP contribution in [0.4, 0.5) is 0 Å². The third-order valence-electron chi connectivity index (χ3n) is 3.94. The number of carbonyl (C=O) groups excluding carboxylic acids is 2. The van der Waals surface area contributed by atoms with Gasteiger partial charge in [-0.25, -0.2) is 10.9 Å². The molecule has 1 aliphatic rings. The molecule has 0 radical (unpaired) electrons. The molecule has 8 heteroatoms. The maximum absolute atomic E-state index is 12.2. The first-order valence-electron chi connectivity index (χ1n) is 8.15. The lowest BCUT2D eigenvalue weighted by Crippen LogP contribution is -2.51. The maximum Gasteiger partial charge on any atom is 0.276 e. The van der Waals surface area contributed by atoms with Crippen molar-refractivity contribution in [3.05, 3.63) is 65.2 Å². The van der Waals surface area contributed by atoms with Crippen LogP contribution in [0.15, 0.2) is 54.6 Å². The number of hydrazine groups is 2. The zero-order chi connectivity index (χ0) is 18.4. The van der Waals surface area contributed by atoms with E-state index in [1.165, 1.54) is 0 Å². The molecule has 2 aromatic carbocycles. The second-order valence-electron chi connectivity index (χ2n) is 5.80. The lowest BCUT2D eigenvalue weighted by molar-refractivity contribution is -0.130. The topological polar surface area (TPSA) is 91.5 Å². The fraction of sp³-hybridized carbons (Fsp3) is 0.222. The summed E-state index contributed by atoms with van der Waals surface area (Å²) >= 11 is 5.94. The molecule has 2 unspecified atom stereocenters. The molecule has 2 amide bonds. The molecule has 1 saturated heterocycles. The quantitative estimate of drug-likeness (QED) is 0.595. The molecule has 136 valence electrons. The van der Waals surface area contributed by atoms with Gasteiger partial charge in [-0.05, 0) is 24.1 Å². The summed E-state index contributed by atoms with van der Waals surface area (Å²) in [7, 11) is 0. The number of nitrogens with one attached hydrogen (secondary N) is 4. The molecular formula is C18H19ClN4O3. The molecule has 0 spiro atoms. The molecule has 7 nitrogen and oxygen atoms in total. The number of para-hydroxylation sites is 1. The van der Waals surface area contributed by atoms with Crippen LogP contribution >= 0.6 is 11.6 Å². The van der Waals surface area contributed by atoms with Gasteiger partial charge in [0.25, 0.3) is 11.8 Å². The van der Waals surface area contributed by atoms with E-state index < -0.39 is 11.9 Å². The van der Waals surface area contributed by atoms with Crippen molar-refractivity contribution in [2.24, 2.45) is 0 Å². The van der Waals surface area contributed by atoms with Crippen molar-refractivity contribution in [3.63, 3.8) is 0 Å². The first-order valence-corrected chi connectivity index (χ1v) is 8.53. The number of carbonyl (C=O) groups is 2. The Hall–Kier alpha value is -2.61. The average molecular weight is 375 g/mol. The number of ether oxygens (including phenoxy) is 1. The Morgan fingerprint density at radius 3 is 2.54 bits per heavy atom. The van der Waals surface area contributed by atoms with Crippen LogP contribution in [0.25, 0.3) is 0 Å². The Morgan fingerprint density at radius 2 is 1.77 bits per heavy atom. The number of rotatable bonds is 5. The highest BCUT2D eigenvalue weighted by Crippen LogP contribution is 2.23. The summed E-state index contributed by atoms with van der Waals surface area (Å²) < 4.78 is 5.31. The first-order chi connectivity index (χ1) is 12.6. The predicted octanol–water partition coefficient (Wildman–Crippen LogP) is 1.47. The van der Waals surface area contributed by atoms with Crippen LogP contribution in [0, 0.1) is 0 Å². The van der Waals surface area contributed by atoms with Gasteiger partial charge in [-0.3, -0.25) is 20.4 Å². The molecule has 2 aromatic rings. The van der Waals surface area contributed by atoms with Crippen molar-refractivity contribution in [2.75, 3.05) is 6.61 Å². The fourth-order valence-electron chi connectivity index (χ4n) is 2.59. The highest BCUT2D eigenvalue weighted by Gasteiger charge is 2.30. The molecule has 0 aliphatic carbocycles. The third kappa shape index (κ3) is 4.72. The van der Waals surface area contributed by atoms with Crippen LogP contribution in [0.1, 0.15) is 18.0 Å². The molecular weight excluding hydrogens is 356 g/mol. The Bertz CT molecular complexity index is 772. The van der Waals surface area contributed by atoms with Gasteiger partial charge < -0.3 is 4.74 Å². The van der Waals surface area contributed by atoms with E-state index in [4.69, 9.17) is 16.3 Å². The SMILES string of the molecule is O=C(COc1ccccc1Cl)NNC(=O)C1CC(c2ccccc2)NN1. The van der Waals surface area contributed by atoms with Gasteiger partial charge in [-0.1, -0.05) is 54.1 Å². The monoisotopic (exact) mass is 374 g/mol. The molecule has 1 heterocycles. The van der Waals surface area contributed by atoms with Gasteiger partial charge in [-0.15, -0.1) is 0 Å². The molecule has 26 heavy (non-hydrogen) atoms. The van der Waals surface area contributed by atoms with E-state index in [1.54, 1.807) is 24.3 Å². The molecule has 2 atom stereocenters. The Morgan fingerprint density at radius 1 is 1.04 bits per heavy atom. The van der Waals surface area contributed by atoms with Gasteiger partial charge in [0.05, 0.1) is 5.02 Å². The van der Waals surface area contributed by atoms with Gasteiger partial charge >= 0.3 is 0 Å². The van der Waals surface area contributed by atoms with Crippen LogP contribution in [-0.4, -0.2) is 24.5 Å². The summed E-state index contributed by atoms with van der Waals surface area (Å²) in [6, 6.07) is 16.2. The summed E-state index contributed by atoms with van der Waals surface area (Å²) in [5.41, 5.74) is 11.8. The van der Waals surface area contributed by atoms with Crippen molar-refractivity contribution < 1.29 is 14.3 Å². The molecule has 0 bridgehead atoms. The van der Waals surface area contributed by atoms with Crippen molar-refractivity contribution in [2.45, 2.75) is 18.5 Å². The fourth-order valence-corrected chi connectivity index (χ4v) is 2.78. The second kappa shape index (κ2) is 8.66. The van der Waals surface area contributed by atoms with E-state index in [0.29, 0.717) is 17.2 Å². The summed E-state index contributed by atoms with van der Waals surface area (Å²) in [5, 5.41) is 0.414. The van der Waals surface area contributed by atoms with Crippen LogP contribution < -0.4 is 26.4 Å². The maximum atomic E-state index is 12.2. The van der Waals surface area contributed by atoms with E-state index in [-0.39, 0.29) is 18.6 Å². The van der Waals surface area contributed by atoms with Crippen LogP contribution in [0.2, 0.25) is 5.02 Å². The van der Waals surface area contributed by atoms with Gasteiger partial charge in [0.15, 0.2) is 6.61 Å². The number of amides is 2. The van der Waals surface area contributed by atoms with E-state index >= 15 is 0 Å². The third-order valence-corrected chi connectivity index (χ3v) is 4.25. The molecule has 0 saturated carbocycles. The Kier molecular flexibility index (Phi) is 6.06. The number of hydrogen-bond acceptors (Lipinski definition) is 5. The average Bonchev–Trinajstić information content (AvgIpc) is 3.16. The number of hydrogen-bond donors (Lipinski definition) is 4. The minimum absolute atomic E-state index is 0.0335. The summed E-state index contributed by atoms with van der Waals surface area (Å²) in [4.78, 5) is 24.0. The first kappa shape index (κ1) is 18.2. The van der Waals surface area contributed by atoms with Crippen molar-refractivity contribution in [3.8, 4) is 5.75 Å². The lowest BCUT2D eigenvalue weighted by Gasteiger charge is -2.12. The largest absolute Gasteiger partial charge is 0.482 e. The van der Waals surface area contributed by atoms with Crippen LogP contribution in [0.3, 0.4) is 0 Å². The second-order valence-corrected chi connectivity index (χ2v) is 6.20. The predicted molar refractivity (Wildman–Crippen MR) is 97.1 cm³/mol. The molecule has 3 rings (SSSR count). The Balaban J connectivity index is 1.41. The van der Waals surface area contributed by atoms with Gasteiger partial charge in [-0.2, -0.15) is 0 Å². The standard InChI is InChI=1S/C18H19ClN4O3/c19-13-8-4-5-9-16(13)26-11-17(24)22-23-18(25)15-10-14(20-21-15)12-6-2-1-3-7-12/h1-9,14-15,20-21H,10-11H2,(H,22,24)(H,23,25). The molecule has 4 N–H and O–H groups in total. The van der Waals surface area contributed by atoms with E-state index in [0.717, 1.165) is 5.56 Å². The minimum Gasteiger partial charge on any atom is -0.482 e. The normalized spacial score (nSPS) is 19.0. The summed E-state index contributed by atoms with van der Waals surface area (Å²) in [5.74, 6) is -0.408. The molecule has 1 fully saturated rings. The summed E-state index contributed by atoms with van der Waals surface area (Å²) in [6.45, 7) is -0.257. The van der Waals surface area contributed by atoms with Gasteiger partial charge in [0, 0.05) is 6.04 Å². The zero-order valence-electron chi connectivity index (χ0n) is 13.9. The van der Waals surface area contributed by atoms with Crippen molar-refractivity contribution in [1.82, 2.24) is 21.7 Å². The van der Waals surface area contributed by atoms with Gasteiger partial charge in [0.2, 0.25) is 0 Å². The lowest BCUT2D eigenvalue weighted by atomic mass is 10.0. The highest BCUT2D eigenvalue weighted by molar-refractivity contribution is 6.32. The van der Waals surface area contributed by atoms with E-state index in [2.05, 4.69) is 21.7 Å². The van der Waals surface area contributed by atoms with Crippen molar-refractivity contribution >= 4 is 23.4 Å². The van der Waals surface area contributed by atoms with Gasteiger partial charge in [0.1, 0.15) is 11.8 Å². The minimum atomic E-state index is -0.483. The van der Waals surface area contributed by atoms with Crippen molar-refractivity contribution in [1.29, 1.82) is 0 Å². The number of benzene rings is 2. The highest BCUT2D eigenvalue weighted by atomic mass is 35.5. The summed E-state index contributed by atoms with van der Waals surface area (Å²) in [6.07, 6.45) is 0.571. The molecule has 0 aromatic heterocycles. The van der Waals surface area contributed by atoms with Crippen LogP contribution in [0.5, 0.6) is 5.75 Å². The molecule has 1 aliphatic heterocycles. The van der Waals surface area contributed by atoms with E-state index in [9.17, 15) is 9.59 Å². The number of halogens is 1. The zero-order valence-corrected chi connectivity index (χ0v) is 14.6. The smallest absolute Gasteiger partial charge is 0.276 e. The van der Waals surface area contributed by atoms with E-state index in [1.807, 2.05) is 30.3 Å². The Labute approximate surface area is 156 Å².